The van der Waals surface area contributed by atoms with Crippen molar-refractivity contribution >= 4 is 11.6 Å². The number of amides is 1. The first-order chi connectivity index (χ1) is 13.1. The lowest BCUT2D eigenvalue weighted by atomic mass is 10.1. The van der Waals surface area contributed by atoms with Crippen LogP contribution in [0.1, 0.15) is 16.1 Å². The third-order valence-electron chi connectivity index (χ3n) is 4.74. The quantitative estimate of drug-likeness (QED) is 0.709. The van der Waals surface area contributed by atoms with Crippen LogP contribution in [-0.2, 0) is 6.54 Å². The summed E-state index contributed by atoms with van der Waals surface area (Å²) in [7, 11) is 0. The number of nitrogens with zero attached hydrogens (tertiary/aromatic N) is 4. The molecule has 0 spiro atoms. The number of carbonyl (C=O) groups is 1. The molecule has 1 aliphatic rings. The zero-order chi connectivity index (χ0) is 18.8. The molecule has 0 N–H and O–H groups in total. The van der Waals surface area contributed by atoms with E-state index in [2.05, 4.69) is 9.88 Å². The summed E-state index contributed by atoms with van der Waals surface area (Å²) < 4.78 is 14.8. The van der Waals surface area contributed by atoms with E-state index in [9.17, 15) is 14.0 Å². The van der Waals surface area contributed by atoms with Gasteiger partial charge in [-0.2, -0.15) is 0 Å². The zero-order valence-corrected chi connectivity index (χ0v) is 14.7. The molecule has 0 unspecified atom stereocenters. The van der Waals surface area contributed by atoms with E-state index in [1.54, 1.807) is 41.4 Å². The fourth-order valence-corrected chi connectivity index (χ4v) is 3.33. The van der Waals surface area contributed by atoms with Gasteiger partial charge < -0.3 is 4.90 Å². The summed E-state index contributed by atoms with van der Waals surface area (Å²) in [5.74, 6) is -0.565. The Hall–Kier alpha value is -3.06. The molecule has 7 heteroatoms. The number of halogens is 1. The molecule has 0 bridgehead atoms. The van der Waals surface area contributed by atoms with Crippen LogP contribution in [0, 0.1) is 5.82 Å². The van der Waals surface area contributed by atoms with E-state index >= 15 is 0 Å². The molecule has 1 saturated heterocycles. The average molecular weight is 366 g/mol. The minimum atomic E-state index is -0.409. The first-order valence-corrected chi connectivity index (χ1v) is 8.85. The van der Waals surface area contributed by atoms with E-state index in [0.29, 0.717) is 43.9 Å². The van der Waals surface area contributed by atoms with Crippen molar-refractivity contribution in [3.63, 3.8) is 0 Å². The Morgan fingerprint density at radius 2 is 1.85 bits per heavy atom. The minimum absolute atomic E-state index is 0.101. The van der Waals surface area contributed by atoms with Gasteiger partial charge in [0, 0.05) is 50.6 Å². The first-order valence-electron chi connectivity index (χ1n) is 8.85. The van der Waals surface area contributed by atoms with E-state index in [1.165, 1.54) is 16.5 Å². The average Bonchev–Trinajstić information content (AvgIpc) is 2.68. The Morgan fingerprint density at radius 1 is 1.04 bits per heavy atom. The third-order valence-corrected chi connectivity index (χ3v) is 4.74. The van der Waals surface area contributed by atoms with Crippen LogP contribution in [-0.4, -0.2) is 51.3 Å². The van der Waals surface area contributed by atoms with Crippen molar-refractivity contribution in [2.45, 2.75) is 6.54 Å². The monoisotopic (exact) mass is 366 g/mol. The lowest BCUT2D eigenvalue weighted by Gasteiger charge is -2.34. The predicted octanol–water partition coefficient (Wildman–Crippen LogP) is 1.79. The third kappa shape index (κ3) is 3.73. The maximum Gasteiger partial charge on any atom is 0.258 e. The van der Waals surface area contributed by atoms with Gasteiger partial charge in [-0.15, -0.1) is 0 Å². The molecule has 6 nitrogen and oxygen atoms in total. The van der Waals surface area contributed by atoms with E-state index in [4.69, 9.17) is 0 Å². The Morgan fingerprint density at radius 3 is 2.63 bits per heavy atom. The number of pyridine rings is 1. The highest BCUT2D eigenvalue weighted by Crippen LogP contribution is 2.12. The first kappa shape index (κ1) is 17.4. The number of rotatable bonds is 3. The van der Waals surface area contributed by atoms with E-state index in [0.717, 1.165) is 5.69 Å². The number of hydrogen-bond donors (Lipinski definition) is 0. The van der Waals surface area contributed by atoms with E-state index in [1.807, 2.05) is 6.07 Å². The predicted molar refractivity (Wildman–Crippen MR) is 99.0 cm³/mol. The Kier molecular flexibility index (Phi) is 4.68. The molecule has 2 aromatic heterocycles. The highest BCUT2D eigenvalue weighted by Gasteiger charge is 2.22. The molecule has 1 amide bonds. The molecule has 138 valence electrons. The molecule has 0 atom stereocenters. The fourth-order valence-electron chi connectivity index (χ4n) is 3.33. The van der Waals surface area contributed by atoms with Gasteiger partial charge in [0.2, 0.25) is 0 Å². The van der Waals surface area contributed by atoms with Crippen molar-refractivity contribution in [2.24, 2.45) is 0 Å². The van der Waals surface area contributed by atoms with Gasteiger partial charge in [-0.1, -0.05) is 12.1 Å². The summed E-state index contributed by atoms with van der Waals surface area (Å²) >= 11 is 0. The van der Waals surface area contributed by atoms with Crippen molar-refractivity contribution < 1.29 is 9.18 Å². The summed E-state index contributed by atoms with van der Waals surface area (Å²) in [6.07, 6.45) is 1.70. The maximum absolute atomic E-state index is 13.3. The molecule has 1 aliphatic heterocycles. The molecule has 4 rings (SSSR count). The molecule has 0 radical (unpaired) electrons. The summed E-state index contributed by atoms with van der Waals surface area (Å²) in [4.78, 5) is 33.1. The number of hydrogen-bond acceptors (Lipinski definition) is 4. The fraction of sp³-hybridized carbons (Fsp3) is 0.250. The smallest absolute Gasteiger partial charge is 0.258 e. The van der Waals surface area contributed by atoms with Crippen LogP contribution >= 0.6 is 0 Å². The van der Waals surface area contributed by atoms with Gasteiger partial charge in [-0.3, -0.25) is 18.9 Å². The molecule has 3 aromatic rings. The van der Waals surface area contributed by atoms with Gasteiger partial charge in [0.15, 0.2) is 0 Å². The Balaban J connectivity index is 1.41. The SMILES string of the molecule is O=C(c1cccc(F)c1)N1CCN(Cc2cc(=O)n3ccccc3n2)CC1. The van der Waals surface area contributed by atoms with Crippen LogP contribution < -0.4 is 5.56 Å². The van der Waals surface area contributed by atoms with Crippen molar-refractivity contribution in [1.82, 2.24) is 19.2 Å². The second-order valence-electron chi connectivity index (χ2n) is 6.59. The van der Waals surface area contributed by atoms with Crippen LogP contribution in [0.25, 0.3) is 5.65 Å². The van der Waals surface area contributed by atoms with Crippen LogP contribution in [0.3, 0.4) is 0 Å². The second kappa shape index (κ2) is 7.28. The molecule has 0 saturated carbocycles. The Bertz CT molecular complexity index is 1040. The van der Waals surface area contributed by atoms with Gasteiger partial charge >= 0.3 is 0 Å². The van der Waals surface area contributed by atoms with Gasteiger partial charge in [0.05, 0.1) is 5.69 Å². The lowest BCUT2D eigenvalue weighted by molar-refractivity contribution is 0.0626. The molecule has 3 heterocycles. The molecular formula is C20H19FN4O2. The van der Waals surface area contributed by atoms with Crippen LogP contribution in [0.4, 0.5) is 4.39 Å². The van der Waals surface area contributed by atoms with Gasteiger partial charge in [-0.05, 0) is 30.3 Å². The van der Waals surface area contributed by atoms with Crippen LogP contribution in [0.5, 0.6) is 0 Å². The highest BCUT2D eigenvalue weighted by atomic mass is 19.1. The number of piperazine rings is 1. The van der Waals surface area contributed by atoms with E-state index < -0.39 is 5.82 Å². The summed E-state index contributed by atoms with van der Waals surface area (Å²) in [5, 5.41) is 0. The number of carbonyl (C=O) groups excluding carboxylic acids is 1. The van der Waals surface area contributed by atoms with E-state index in [-0.39, 0.29) is 11.5 Å². The highest BCUT2D eigenvalue weighted by molar-refractivity contribution is 5.94. The van der Waals surface area contributed by atoms with Crippen molar-refractivity contribution in [2.75, 3.05) is 26.2 Å². The molecule has 1 aromatic carbocycles. The molecule has 27 heavy (non-hydrogen) atoms. The van der Waals surface area contributed by atoms with Crippen LogP contribution in [0.15, 0.2) is 59.5 Å². The summed E-state index contributed by atoms with van der Waals surface area (Å²) in [6, 6.07) is 12.8. The topological polar surface area (TPSA) is 57.9 Å². The number of benzene rings is 1. The molecule has 0 aliphatic carbocycles. The van der Waals surface area contributed by atoms with Gasteiger partial charge in [0.25, 0.3) is 11.5 Å². The van der Waals surface area contributed by atoms with Crippen molar-refractivity contribution in [3.05, 3.63) is 82.2 Å². The summed E-state index contributed by atoms with van der Waals surface area (Å²) in [6.45, 7) is 3.03. The lowest BCUT2D eigenvalue weighted by Crippen LogP contribution is -2.48. The van der Waals surface area contributed by atoms with Crippen molar-refractivity contribution in [3.8, 4) is 0 Å². The zero-order valence-electron chi connectivity index (χ0n) is 14.7. The van der Waals surface area contributed by atoms with Gasteiger partial charge in [0.1, 0.15) is 11.5 Å². The van der Waals surface area contributed by atoms with Crippen LogP contribution in [0.2, 0.25) is 0 Å². The Labute approximate surface area is 155 Å². The largest absolute Gasteiger partial charge is 0.336 e. The maximum atomic E-state index is 13.3. The molecule has 1 fully saturated rings. The minimum Gasteiger partial charge on any atom is -0.336 e. The number of aromatic nitrogens is 2. The van der Waals surface area contributed by atoms with Gasteiger partial charge in [-0.25, -0.2) is 9.37 Å². The second-order valence-corrected chi connectivity index (χ2v) is 6.59. The summed E-state index contributed by atoms with van der Waals surface area (Å²) in [5.41, 5.74) is 1.61. The standard InChI is InChI=1S/C20H19FN4O2/c21-16-5-3-4-15(12-16)20(27)24-10-8-23(9-11-24)14-17-13-19(26)25-7-2-1-6-18(25)22-17/h1-7,12-13H,8-11,14H2. The normalized spacial score (nSPS) is 15.2. The van der Waals surface area contributed by atoms with Crippen molar-refractivity contribution in [1.29, 1.82) is 0 Å². The number of fused-ring (bicyclic) bond motifs is 1. The molecular weight excluding hydrogens is 347 g/mol.